The SMILES string of the molecule is CNC1CCN(C(=O)C2(c3ccc(F)cc3)CC2)CC1.Cl. The van der Waals surface area contributed by atoms with Gasteiger partial charge in [0.05, 0.1) is 5.41 Å². The lowest BCUT2D eigenvalue weighted by atomic mass is 9.93. The van der Waals surface area contributed by atoms with Crippen molar-refractivity contribution in [3.63, 3.8) is 0 Å². The van der Waals surface area contributed by atoms with Crippen LogP contribution < -0.4 is 5.32 Å². The van der Waals surface area contributed by atoms with Crippen LogP contribution in [0.3, 0.4) is 0 Å². The van der Waals surface area contributed by atoms with Gasteiger partial charge in [-0.15, -0.1) is 12.4 Å². The normalized spacial score (nSPS) is 20.8. The maximum atomic E-state index is 13.0. The number of carbonyl (C=O) groups excluding carboxylic acids is 1. The van der Waals surface area contributed by atoms with Gasteiger partial charge in [0, 0.05) is 19.1 Å². The van der Waals surface area contributed by atoms with E-state index < -0.39 is 0 Å². The molecule has 21 heavy (non-hydrogen) atoms. The Morgan fingerprint density at radius 3 is 2.29 bits per heavy atom. The number of carbonyl (C=O) groups is 1. The molecule has 3 rings (SSSR count). The fourth-order valence-corrected chi connectivity index (χ4v) is 3.19. The number of hydrogen-bond donors (Lipinski definition) is 1. The van der Waals surface area contributed by atoms with Crippen molar-refractivity contribution in [1.29, 1.82) is 0 Å². The van der Waals surface area contributed by atoms with Gasteiger partial charge in [0.1, 0.15) is 5.82 Å². The number of nitrogens with one attached hydrogen (secondary N) is 1. The number of nitrogens with zero attached hydrogens (tertiary/aromatic N) is 1. The number of halogens is 2. The fraction of sp³-hybridized carbons (Fsp3) is 0.562. The lowest BCUT2D eigenvalue weighted by Crippen LogP contribution is -2.47. The minimum atomic E-state index is -0.361. The van der Waals surface area contributed by atoms with Crippen LogP contribution in [-0.4, -0.2) is 37.0 Å². The molecule has 0 atom stereocenters. The molecule has 1 aromatic rings. The highest BCUT2D eigenvalue weighted by molar-refractivity contribution is 5.91. The van der Waals surface area contributed by atoms with E-state index in [1.54, 1.807) is 12.1 Å². The monoisotopic (exact) mass is 312 g/mol. The van der Waals surface area contributed by atoms with E-state index in [1.165, 1.54) is 12.1 Å². The molecular weight excluding hydrogens is 291 g/mol. The summed E-state index contributed by atoms with van der Waals surface area (Å²) in [5.41, 5.74) is 0.611. The first-order valence-electron chi connectivity index (χ1n) is 7.38. The van der Waals surface area contributed by atoms with E-state index in [0.717, 1.165) is 44.3 Å². The molecule has 1 saturated carbocycles. The number of piperidine rings is 1. The van der Waals surface area contributed by atoms with Crippen LogP contribution in [0.1, 0.15) is 31.2 Å². The molecule has 1 amide bonds. The first-order valence-corrected chi connectivity index (χ1v) is 7.38. The van der Waals surface area contributed by atoms with Crippen molar-refractivity contribution in [2.75, 3.05) is 20.1 Å². The van der Waals surface area contributed by atoms with Crippen LogP contribution >= 0.6 is 12.4 Å². The summed E-state index contributed by atoms with van der Waals surface area (Å²) in [6.07, 6.45) is 3.82. The summed E-state index contributed by atoms with van der Waals surface area (Å²) >= 11 is 0. The Morgan fingerprint density at radius 2 is 1.81 bits per heavy atom. The molecule has 0 spiro atoms. The van der Waals surface area contributed by atoms with Crippen LogP contribution in [0.5, 0.6) is 0 Å². The number of rotatable bonds is 3. The molecule has 0 unspecified atom stereocenters. The molecule has 3 nitrogen and oxygen atoms in total. The Labute approximate surface area is 131 Å². The lowest BCUT2D eigenvalue weighted by Gasteiger charge is -2.34. The highest BCUT2D eigenvalue weighted by atomic mass is 35.5. The Bertz CT molecular complexity index is 494. The summed E-state index contributed by atoms with van der Waals surface area (Å²) in [6, 6.07) is 6.97. The topological polar surface area (TPSA) is 32.3 Å². The van der Waals surface area contributed by atoms with Crippen LogP contribution in [0.25, 0.3) is 0 Å². The molecule has 2 fully saturated rings. The molecule has 1 saturated heterocycles. The molecular formula is C16H22ClFN2O. The quantitative estimate of drug-likeness (QED) is 0.930. The Morgan fingerprint density at radius 1 is 1.24 bits per heavy atom. The molecule has 0 bridgehead atoms. The van der Waals surface area contributed by atoms with Crippen LogP contribution in [-0.2, 0) is 10.2 Å². The van der Waals surface area contributed by atoms with Crippen LogP contribution in [0, 0.1) is 5.82 Å². The molecule has 1 aliphatic heterocycles. The zero-order valence-electron chi connectivity index (χ0n) is 12.3. The molecule has 0 aromatic heterocycles. The summed E-state index contributed by atoms with van der Waals surface area (Å²) in [7, 11) is 1.98. The van der Waals surface area contributed by atoms with Crippen molar-refractivity contribution >= 4 is 18.3 Å². The van der Waals surface area contributed by atoms with Crippen molar-refractivity contribution in [2.24, 2.45) is 0 Å². The molecule has 1 heterocycles. The molecule has 0 radical (unpaired) electrons. The number of hydrogen-bond acceptors (Lipinski definition) is 2. The average Bonchev–Trinajstić information content (AvgIpc) is 3.29. The van der Waals surface area contributed by atoms with Gasteiger partial charge in [-0.1, -0.05) is 12.1 Å². The van der Waals surface area contributed by atoms with E-state index in [0.29, 0.717) is 6.04 Å². The van der Waals surface area contributed by atoms with E-state index >= 15 is 0 Å². The minimum Gasteiger partial charge on any atom is -0.342 e. The van der Waals surface area contributed by atoms with Crippen molar-refractivity contribution in [3.8, 4) is 0 Å². The third kappa shape index (κ3) is 3.06. The number of likely N-dealkylation sites (tertiary alicyclic amines) is 1. The molecule has 1 N–H and O–H groups in total. The van der Waals surface area contributed by atoms with Gasteiger partial charge in [-0.2, -0.15) is 0 Å². The summed E-state index contributed by atoms with van der Waals surface area (Å²) in [4.78, 5) is 14.8. The number of amides is 1. The largest absolute Gasteiger partial charge is 0.342 e. The minimum absolute atomic E-state index is 0. The summed E-state index contributed by atoms with van der Waals surface area (Å²) in [6.45, 7) is 1.65. The van der Waals surface area contributed by atoms with Gasteiger partial charge in [-0.25, -0.2) is 4.39 Å². The highest BCUT2D eigenvalue weighted by Crippen LogP contribution is 2.49. The lowest BCUT2D eigenvalue weighted by molar-refractivity contribution is -0.135. The van der Waals surface area contributed by atoms with E-state index in [2.05, 4.69) is 5.32 Å². The molecule has 5 heteroatoms. The van der Waals surface area contributed by atoms with Crippen LogP contribution in [0.15, 0.2) is 24.3 Å². The Kier molecular flexibility index (Phi) is 4.89. The van der Waals surface area contributed by atoms with E-state index in [1.807, 2.05) is 11.9 Å². The molecule has 1 aliphatic carbocycles. The predicted octanol–water partition coefficient (Wildman–Crippen LogP) is 2.49. The smallest absolute Gasteiger partial charge is 0.233 e. The summed E-state index contributed by atoms with van der Waals surface area (Å²) in [5.74, 6) is -0.00880. The van der Waals surface area contributed by atoms with Gasteiger partial charge < -0.3 is 10.2 Å². The zero-order chi connectivity index (χ0) is 14.2. The van der Waals surface area contributed by atoms with Gasteiger partial charge in [-0.3, -0.25) is 4.79 Å². The maximum absolute atomic E-state index is 13.0. The van der Waals surface area contributed by atoms with Gasteiger partial charge in [-0.05, 0) is 50.4 Å². The van der Waals surface area contributed by atoms with Crippen LogP contribution in [0.2, 0.25) is 0 Å². The molecule has 1 aromatic carbocycles. The fourth-order valence-electron chi connectivity index (χ4n) is 3.19. The number of benzene rings is 1. The second-order valence-electron chi connectivity index (χ2n) is 5.94. The maximum Gasteiger partial charge on any atom is 0.233 e. The van der Waals surface area contributed by atoms with Gasteiger partial charge >= 0.3 is 0 Å². The van der Waals surface area contributed by atoms with E-state index in [4.69, 9.17) is 0 Å². The van der Waals surface area contributed by atoms with E-state index in [-0.39, 0.29) is 29.5 Å². The van der Waals surface area contributed by atoms with Crippen molar-refractivity contribution in [3.05, 3.63) is 35.6 Å². The van der Waals surface area contributed by atoms with E-state index in [9.17, 15) is 9.18 Å². The average molecular weight is 313 g/mol. The first kappa shape index (κ1) is 16.2. The Hall–Kier alpha value is -1.13. The molecule has 116 valence electrons. The van der Waals surface area contributed by atoms with Crippen molar-refractivity contribution < 1.29 is 9.18 Å². The van der Waals surface area contributed by atoms with Gasteiger partial charge in [0.2, 0.25) is 5.91 Å². The van der Waals surface area contributed by atoms with Crippen molar-refractivity contribution in [1.82, 2.24) is 10.2 Å². The first-order chi connectivity index (χ1) is 9.65. The van der Waals surface area contributed by atoms with Crippen molar-refractivity contribution in [2.45, 2.75) is 37.1 Å². The second kappa shape index (κ2) is 6.32. The summed E-state index contributed by atoms with van der Waals surface area (Å²) < 4.78 is 13.0. The third-order valence-electron chi connectivity index (χ3n) is 4.75. The third-order valence-corrected chi connectivity index (χ3v) is 4.75. The standard InChI is InChI=1S/C16H21FN2O.ClH/c1-18-14-6-10-19(11-7-14)15(20)16(8-9-16)12-2-4-13(17)5-3-12;/h2-5,14,18H,6-11H2,1H3;1H. The summed E-state index contributed by atoms with van der Waals surface area (Å²) in [5, 5.41) is 3.28. The van der Waals surface area contributed by atoms with Gasteiger partial charge in [0.25, 0.3) is 0 Å². The Balaban J connectivity index is 0.00000161. The molecule has 2 aliphatic rings. The van der Waals surface area contributed by atoms with Crippen LogP contribution in [0.4, 0.5) is 4.39 Å². The predicted molar refractivity (Wildman–Crippen MR) is 83.2 cm³/mol. The second-order valence-corrected chi connectivity index (χ2v) is 5.94. The zero-order valence-corrected chi connectivity index (χ0v) is 13.1. The van der Waals surface area contributed by atoms with Gasteiger partial charge in [0.15, 0.2) is 0 Å². The highest BCUT2D eigenvalue weighted by Gasteiger charge is 2.53.